The van der Waals surface area contributed by atoms with Gasteiger partial charge in [-0.15, -0.1) is 0 Å². The van der Waals surface area contributed by atoms with Gasteiger partial charge in [0.05, 0.1) is 0 Å². The van der Waals surface area contributed by atoms with Crippen LogP contribution >= 0.6 is 0 Å². The number of carbonyl (C=O) groups is 1. The van der Waals surface area contributed by atoms with E-state index in [9.17, 15) is 4.79 Å². The summed E-state index contributed by atoms with van der Waals surface area (Å²) in [5.74, 6) is -0.732. The average Bonchev–Trinajstić information content (AvgIpc) is 2.08. The minimum absolute atomic E-state index is 0.214. The molecule has 0 bridgehead atoms. The van der Waals surface area contributed by atoms with Gasteiger partial charge in [0, 0.05) is 6.08 Å². The van der Waals surface area contributed by atoms with Crippen molar-refractivity contribution in [3.63, 3.8) is 0 Å². The van der Waals surface area contributed by atoms with Crippen LogP contribution in [0.3, 0.4) is 0 Å². The number of hydrogen-bond acceptors (Lipinski definition) is 2. The lowest BCUT2D eigenvalue weighted by Crippen LogP contribution is -1.87. The molecule has 2 N–H and O–H groups in total. The number of benzene rings is 1. The first kappa shape index (κ1) is 9.32. The Labute approximate surface area is 76.0 Å². The van der Waals surface area contributed by atoms with E-state index in [0.29, 0.717) is 6.42 Å². The lowest BCUT2D eigenvalue weighted by atomic mass is 10.1. The third-order valence-electron chi connectivity index (χ3n) is 1.55. The third kappa shape index (κ3) is 3.42. The molecule has 0 aliphatic rings. The van der Waals surface area contributed by atoms with Crippen molar-refractivity contribution in [3.8, 4) is 5.75 Å². The topological polar surface area (TPSA) is 57.5 Å². The van der Waals surface area contributed by atoms with E-state index < -0.39 is 5.97 Å². The van der Waals surface area contributed by atoms with Crippen LogP contribution in [0.15, 0.2) is 36.4 Å². The molecular formula is C10H10O3. The molecule has 1 rings (SSSR count). The third-order valence-corrected chi connectivity index (χ3v) is 1.55. The molecule has 0 unspecified atom stereocenters. The fraction of sp³-hybridized carbons (Fsp3) is 0.100. The van der Waals surface area contributed by atoms with Gasteiger partial charge in [-0.2, -0.15) is 0 Å². The summed E-state index contributed by atoms with van der Waals surface area (Å²) < 4.78 is 0. The second-order valence-corrected chi connectivity index (χ2v) is 2.61. The fourth-order valence-corrected chi connectivity index (χ4v) is 0.928. The van der Waals surface area contributed by atoms with Crippen LogP contribution in [0.25, 0.3) is 0 Å². The molecule has 3 nitrogen and oxygen atoms in total. The van der Waals surface area contributed by atoms with E-state index in [2.05, 4.69) is 0 Å². The standard InChI is InChI=1S/C10H10O3/c11-9-6-4-8(5-7-9)2-1-3-10(12)13/h1,3-7,11H,2H2,(H,12,13)/b3-1-. The molecule has 0 saturated carbocycles. The first-order valence-electron chi connectivity index (χ1n) is 3.86. The van der Waals surface area contributed by atoms with Crippen LogP contribution in [-0.4, -0.2) is 16.2 Å². The van der Waals surface area contributed by atoms with Gasteiger partial charge in [0.2, 0.25) is 0 Å². The van der Waals surface area contributed by atoms with Gasteiger partial charge in [0.25, 0.3) is 0 Å². The van der Waals surface area contributed by atoms with Crippen molar-refractivity contribution in [2.24, 2.45) is 0 Å². The molecule has 3 heteroatoms. The number of phenolic OH excluding ortho intramolecular Hbond substituents is 1. The highest BCUT2D eigenvalue weighted by molar-refractivity contribution is 5.79. The van der Waals surface area contributed by atoms with E-state index in [1.165, 1.54) is 0 Å². The van der Waals surface area contributed by atoms with Gasteiger partial charge in [-0.3, -0.25) is 0 Å². The summed E-state index contributed by atoms with van der Waals surface area (Å²) in [7, 11) is 0. The molecule has 68 valence electrons. The minimum atomic E-state index is -0.946. The van der Waals surface area contributed by atoms with E-state index in [4.69, 9.17) is 10.2 Å². The Kier molecular flexibility index (Phi) is 3.09. The van der Waals surface area contributed by atoms with Gasteiger partial charge < -0.3 is 10.2 Å². The number of aliphatic carboxylic acids is 1. The maximum Gasteiger partial charge on any atom is 0.327 e. The van der Waals surface area contributed by atoms with Crippen LogP contribution < -0.4 is 0 Å². The minimum Gasteiger partial charge on any atom is -0.508 e. The lowest BCUT2D eigenvalue weighted by Gasteiger charge is -1.95. The van der Waals surface area contributed by atoms with Crippen molar-refractivity contribution >= 4 is 5.97 Å². The van der Waals surface area contributed by atoms with Crippen molar-refractivity contribution in [2.45, 2.75) is 6.42 Å². The molecular weight excluding hydrogens is 168 g/mol. The number of allylic oxidation sites excluding steroid dienone is 1. The molecule has 0 aliphatic carbocycles. The summed E-state index contributed by atoms with van der Waals surface area (Å²) in [6.45, 7) is 0. The van der Waals surface area contributed by atoms with Gasteiger partial charge in [0.1, 0.15) is 5.75 Å². The van der Waals surface area contributed by atoms with E-state index in [-0.39, 0.29) is 5.75 Å². The van der Waals surface area contributed by atoms with Crippen molar-refractivity contribution in [1.29, 1.82) is 0 Å². The fourth-order valence-electron chi connectivity index (χ4n) is 0.928. The highest BCUT2D eigenvalue weighted by atomic mass is 16.4. The summed E-state index contributed by atoms with van der Waals surface area (Å²) in [6, 6.07) is 6.65. The molecule has 0 atom stereocenters. The monoisotopic (exact) mass is 178 g/mol. The van der Waals surface area contributed by atoms with E-state index >= 15 is 0 Å². The molecule has 0 heterocycles. The number of phenols is 1. The Hall–Kier alpha value is -1.77. The maximum absolute atomic E-state index is 10.1. The average molecular weight is 178 g/mol. The zero-order chi connectivity index (χ0) is 9.68. The number of carboxylic acids is 1. The molecule has 0 amide bonds. The molecule has 0 saturated heterocycles. The predicted octanol–water partition coefficient (Wildman–Crippen LogP) is 1.58. The van der Waals surface area contributed by atoms with Crippen LogP contribution in [-0.2, 0) is 11.2 Å². The highest BCUT2D eigenvalue weighted by Gasteiger charge is 1.90. The summed E-state index contributed by atoms with van der Waals surface area (Å²) in [6.07, 6.45) is 3.23. The molecule has 0 aromatic heterocycles. The van der Waals surface area contributed by atoms with Crippen molar-refractivity contribution < 1.29 is 15.0 Å². The maximum atomic E-state index is 10.1. The summed E-state index contributed by atoms with van der Waals surface area (Å²) in [5, 5.41) is 17.3. The SMILES string of the molecule is O=C(O)/C=C\Cc1ccc(O)cc1. The summed E-state index contributed by atoms with van der Waals surface area (Å²) >= 11 is 0. The normalized spacial score (nSPS) is 10.5. The van der Waals surface area contributed by atoms with Crippen molar-refractivity contribution in [3.05, 3.63) is 42.0 Å². The van der Waals surface area contributed by atoms with Crippen LogP contribution in [0, 0.1) is 0 Å². The number of hydrogen-bond donors (Lipinski definition) is 2. The number of aromatic hydroxyl groups is 1. The van der Waals surface area contributed by atoms with Crippen molar-refractivity contribution in [1.82, 2.24) is 0 Å². The molecule has 1 aromatic carbocycles. The number of rotatable bonds is 3. The Morgan fingerprint density at radius 2 is 1.92 bits per heavy atom. The van der Waals surface area contributed by atoms with Gasteiger partial charge in [0.15, 0.2) is 0 Å². The summed E-state index contributed by atoms with van der Waals surface area (Å²) in [4.78, 5) is 10.1. The van der Waals surface area contributed by atoms with E-state index in [0.717, 1.165) is 11.6 Å². The Balaban J connectivity index is 2.55. The Morgan fingerprint density at radius 3 is 2.46 bits per heavy atom. The van der Waals surface area contributed by atoms with Crippen LogP contribution in [0.5, 0.6) is 5.75 Å². The van der Waals surface area contributed by atoms with Gasteiger partial charge >= 0.3 is 5.97 Å². The van der Waals surface area contributed by atoms with Crippen molar-refractivity contribution in [2.75, 3.05) is 0 Å². The van der Waals surface area contributed by atoms with Gasteiger partial charge in [-0.1, -0.05) is 18.2 Å². The quantitative estimate of drug-likeness (QED) is 0.691. The zero-order valence-electron chi connectivity index (χ0n) is 6.97. The molecule has 1 aromatic rings. The molecule has 0 radical (unpaired) electrons. The second kappa shape index (κ2) is 4.30. The zero-order valence-corrected chi connectivity index (χ0v) is 6.97. The Morgan fingerprint density at radius 1 is 1.31 bits per heavy atom. The smallest absolute Gasteiger partial charge is 0.327 e. The predicted molar refractivity (Wildman–Crippen MR) is 48.6 cm³/mol. The van der Waals surface area contributed by atoms with E-state index in [1.54, 1.807) is 30.3 Å². The second-order valence-electron chi connectivity index (χ2n) is 2.61. The van der Waals surface area contributed by atoms with Gasteiger partial charge in [-0.25, -0.2) is 4.79 Å². The number of carboxylic acid groups (broad SMARTS) is 1. The van der Waals surface area contributed by atoms with E-state index in [1.807, 2.05) is 0 Å². The highest BCUT2D eigenvalue weighted by Crippen LogP contribution is 2.09. The first-order valence-corrected chi connectivity index (χ1v) is 3.86. The molecule has 0 spiro atoms. The van der Waals surface area contributed by atoms with Gasteiger partial charge in [-0.05, 0) is 24.1 Å². The van der Waals surface area contributed by atoms with Crippen LogP contribution in [0.1, 0.15) is 5.56 Å². The van der Waals surface area contributed by atoms with Crippen LogP contribution in [0.2, 0.25) is 0 Å². The summed E-state index contributed by atoms with van der Waals surface area (Å²) in [5.41, 5.74) is 0.968. The molecule has 0 aliphatic heterocycles. The van der Waals surface area contributed by atoms with Crippen LogP contribution in [0.4, 0.5) is 0 Å². The Bertz CT molecular complexity index is 311. The first-order chi connectivity index (χ1) is 6.18. The largest absolute Gasteiger partial charge is 0.508 e. The lowest BCUT2D eigenvalue weighted by molar-refractivity contribution is -0.131. The molecule has 13 heavy (non-hydrogen) atoms. The molecule has 0 fully saturated rings.